The Kier molecular flexibility index (Phi) is 5.72. The molecule has 0 heteroatoms. The van der Waals surface area contributed by atoms with Gasteiger partial charge in [-0.3, -0.25) is 0 Å². The molecule has 64 valence electrons. The maximum atomic E-state index is 3.87. The average Bonchev–Trinajstić information content (AvgIpc) is 2.05. The molecule has 0 unspecified atom stereocenters. The highest BCUT2D eigenvalue weighted by Gasteiger charge is 1.87. The van der Waals surface area contributed by atoms with Crippen molar-refractivity contribution in [3.05, 3.63) is 60.8 Å². The van der Waals surface area contributed by atoms with Crippen molar-refractivity contribution in [3.8, 4) is 0 Å². The van der Waals surface area contributed by atoms with Gasteiger partial charge in [-0.2, -0.15) is 0 Å². The van der Waals surface area contributed by atoms with Gasteiger partial charge in [-0.15, -0.1) is 0 Å². The molecule has 0 radical (unpaired) electrons. The van der Waals surface area contributed by atoms with E-state index in [-0.39, 0.29) is 0 Å². The van der Waals surface area contributed by atoms with E-state index in [4.69, 9.17) is 0 Å². The van der Waals surface area contributed by atoms with Crippen molar-refractivity contribution < 1.29 is 0 Å². The molecule has 0 aromatic rings. The van der Waals surface area contributed by atoms with Crippen LogP contribution in [0.1, 0.15) is 13.8 Å². The summed E-state index contributed by atoms with van der Waals surface area (Å²) in [7, 11) is 0. The van der Waals surface area contributed by atoms with E-state index in [0.717, 1.165) is 11.1 Å². The number of rotatable bonds is 4. The summed E-state index contributed by atoms with van der Waals surface area (Å²) in [6.45, 7) is 11.7. The summed E-state index contributed by atoms with van der Waals surface area (Å²) in [6, 6.07) is 0. The minimum atomic E-state index is 0.950. The molecule has 0 aliphatic carbocycles. The number of allylic oxidation sites excluding steroid dienone is 8. The third-order valence-corrected chi connectivity index (χ3v) is 1.38. The van der Waals surface area contributed by atoms with Crippen LogP contribution in [0.4, 0.5) is 0 Å². The first kappa shape index (κ1) is 10.7. The molecule has 0 nitrogen and oxygen atoms in total. The molecule has 0 spiro atoms. The third-order valence-electron chi connectivity index (χ3n) is 1.38. The maximum Gasteiger partial charge on any atom is -0.0262 e. The Labute approximate surface area is 75.3 Å². The van der Waals surface area contributed by atoms with E-state index in [9.17, 15) is 0 Å². The van der Waals surface area contributed by atoms with Gasteiger partial charge in [-0.1, -0.05) is 49.6 Å². The van der Waals surface area contributed by atoms with Crippen LogP contribution in [0.2, 0.25) is 0 Å². The van der Waals surface area contributed by atoms with E-state index >= 15 is 0 Å². The van der Waals surface area contributed by atoms with Crippen LogP contribution in [0.3, 0.4) is 0 Å². The van der Waals surface area contributed by atoms with Crippen LogP contribution in [0, 0.1) is 0 Å². The summed E-state index contributed by atoms with van der Waals surface area (Å²) in [5.41, 5.74) is 1.91. The fraction of sp³-hybridized carbons (Fsp3) is 0.167. The lowest BCUT2D eigenvalue weighted by Crippen LogP contribution is -1.76. The summed E-state index contributed by atoms with van der Waals surface area (Å²) in [5, 5.41) is 0. The van der Waals surface area contributed by atoms with Gasteiger partial charge < -0.3 is 0 Å². The minimum absolute atomic E-state index is 0.950. The fourth-order valence-corrected chi connectivity index (χ4v) is 0.698. The molecule has 0 fully saturated rings. The molecule has 0 saturated heterocycles. The second kappa shape index (κ2) is 6.41. The zero-order valence-electron chi connectivity index (χ0n) is 7.88. The quantitative estimate of drug-likeness (QED) is 0.549. The molecule has 0 aliphatic heterocycles. The lowest BCUT2D eigenvalue weighted by Gasteiger charge is -1.96. The van der Waals surface area contributed by atoms with Crippen molar-refractivity contribution in [2.75, 3.05) is 0 Å². The maximum absolute atomic E-state index is 3.87. The van der Waals surface area contributed by atoms with Crippen LogP contribution in [-0.2, 0) is 0 Å². The monoisotopic (exact) mass is 160 g/mol. The van der Waals surface area contributed by atoms with Gasteiger partial charge >= 0.3 is 0 Å². The van der Waals surface area contributed by atoms with Crippen molar-refractivity contribution >= 4 is 0 Å². The lowest BCUT2D eigenvalue weighted by atomic mass is 10.1. The molecular weight excluding hydrogens is 144 g/mol. The molecule has 0 amide bonds. The molecule has 0 aromatic heterocycles. The molecular formula is C12H16. The summed E-state index contributed by atoms with van der Waals surface area (Å²) >= 11 is 0. The molecule has 0 saturated carbocycles. The number of hydrogen-bond donors (Lipinski definition) is 0. The van der Waals surface area contributed by atoms with Crippen LogP contribution in [-0.4, -0.2) is 0 Å². The predicted molar refractivity (Wildman–Crippen MR) is 57.0 cm³/mol. The zero-order chi connectivity index (χ0) is 9.40. The minimum Gasteiger partial charge on any atom is -0.0912 e. The van der Waals surface area contributed by atoms with Crippen LogP contribution in [0.15, 0.2) is 60.8 Å². The SMILES string of the molecule is C=C(/C=C\C)C(=C)/C=C\C=C/C. The standard InChI is InChI=1S/C12H16/c1-5-7-8-10-12(4)11(3)9-6-2/h5-10H,3-4H2,1-2H3/b7-5-,9-6-,10-8-. The van der Waals surface area contributed by atoms with E-state index in [1.165, 1.54) is 0 Å². The Hall–Kier alpha value is -1.30. The smallest absolute Gasteiger partial charge is 0.0262 e. The van der Waals surface area contributed by atoms with E-state index < -0.39 is 0 Å². The van der Waals surface area contributed by atoms with Crippen LogP contribution >= 0.6 is 0 Å². The van der Waals surface area contributed by atoms with Gasteiger partial charge in [0.1, 0.15) is 0 Å². The molecule has 0 rings (SSSR count). The van der Waals surface area contributed by atoms with Gasteiger partial charge in [0.25, 0.3) is 0 Å². The molecule has 12 heavy (non-hydrogen) atoms. The van der Waals surface area contributed by atoms with Gasteiger partial charge in [-0.25, -0.2) is 0 Å². The molecule has 0 atom stereocenters. The van der Waals surface area contributed by atoms with Crippen LogP contribution in [0.5, 0.6) is 0 Å². The van der Waals surface area contributed by atoms with Crippen molar-refractivity contribution in [3.63, 3.8) is 0 Å². The Morgan fingerprint density at radius 2 is 1.42 bits per heavy atom. The van der Waals surface area contributed by atoms with Gasteiger partial charge in [0, 0.05) is 0 Å². The van der Waals surface area contributed by atoms with E-state index in [0.29, 0.717) is 0 Å². The number of hydrogen-bond acceptors (Lipinski definition) is 0. The van der Waals surface area contributed by atoms with E-state index in [1.807, 2.05) is 50.3 Å². The van der Waals surface area contributed by atoms with Gasteiger partial charge in [-0.05, 0) is 25.0 Å². The Morgan fingerprint density at radius 1 is 0.833 bits per heavy atom. The van der Waals surface area contributed by atoms with Crippen LogP contribution in [0.25, 0.3) is 0 Å². The Bertz CT molecular complexity index is 237. The van der Waals surface area contributed by atoms with Gasteiger partial charge in [0.2, 0.25) is 0 Å². The molecule has 0 N–H and O–H groups in total. The molecule has 0 aromatic carbocycles. The average molecular weight is 160 g/mol. The van der Waals surface area contributed by atoms with E-state index in [2.05, 4.69) is 13.2 Å². The Morgan fingerprint density at radius 3 is 1.92 bits per heavy atom. The zero-order valence-corrected chi connectivity index (χ0v) is 7.88. The molecule has 0 heterocycles. The van der Waals surface area contributed by atoms with Crippen molar-refractivity contribution in [2.45, 2.75) is 13.8 Å². The summed E-state index contributed by atoms with van der Waals surface area (Å²) in [4.78, 5) is 0. The summed E-state index contributed by atoms with van der Waals surface area (Å²) in [5.74, 6) is 0. The van der Waals surface area contributed by atoms with Crippen molar-refractivity contribution in [2.24, 2.45) is 0 Å². The van der Waals surface area contributed by atoms with Crippen LogP contribution < -0.4 is 0 Å². The van der Waals surface area contributed by atoms with Crippen molar-refractivity contribution in [1.29, 1.82) is 0 Å². The second-order valence-corrected chi connectivity index (χ2v) is 2.44. The highest BCUT2D eigenvalue weighted by molar-refractivity contribution is 5.42. The highest BCUT2D eigenvalue weighted by Crippen LogP contribution is 2.07. The highest BCUT2D eigenvalue weighted by atomic mass is 13.9. The summed E-state index contributed by atoms with van der Waals surface area (Å²) in [6.07, 6.45) is 11.7. The molecule has 0 bridgehead atoms. The topological polar surface area (TPSA) is 0 Å². The first-order chi connectivity index (χ1) is 5.72. The van der Waals surface area contributed by atoms with E-state index in [1.54, 1.807) is 0 Å². The predicted octanol–water partition coefficient (Wildman–Crippen LogP) is 3.81. The largest absolute Gasteiger partial charge is 0.0912 e. The summed E-state index contributed by atoms with van der Waals surface area (Å²) < 4.78 is 0. The van der Waals surface area contributed by atoms with Gasteiger partial charge in [0.05, 0.1) is 0 Å². The fourth-order valence-electron chi connectivity index (χ4n) is 0.698. The first-order valence-corrected chi connectivity index (χ1v) is 4.02. The van der Waals surface area contributed by atoms with Crippen molar-refractivity contribution in [1.82, 2.24) is 0 Å². The Balaban J connectivity index is 4.13. The first-order valence-electron chi connectivity index (χ1n) is 4.02. The lowest BCUT2D eigenvalue weighted by molar-refractivity contribution is 1.57. The third kappa shape index (κ3) is 4.51. The van der Waals surface area contributed by atoms with Gasteiger partial charge in [0.15, 0.2) is 0 Å². The molecule has 0 aliphatic rings. The second-order valence-electron chi connectivity index (χ2n) is 2.44. The normalized spacial score (nSPS) is 11.8.